The molecule has 1 aliphatic carbocycles. The number of carbonyl (C=O) groups is 1. The minimum atomic E-state index is -0.998. The lowest BCUT2D eigenvalue weighted by atomic mass is 9.76. The van der Waals surface area contributed by atoms with Crippen molar-refractivity contribution in [2.24, 2.45) is 5.92 Å². The van der Waals surface area contributed by atoms with Gasteiger partial charge in [0.25, 0.3) is 0 Å². The fourth-order valence-corrected chi connectivity index (χ4v) is 4.39. The molecule has 1 aliphatic heterocycles. The van der Waals surface area contributed by atoms with Crippen LogP contribution in [0.15, 0.2) is 60.7 Å². The van der Waals surface area contributed by atoms with Crippen molar-refractivity contribution in [2.45, 2.75) is 43.7 Å². The van der Waals surface area contributed by atoms with Gasteiger partial charge in [-0.2, -0.15) is 0 Å². The van der Waals surface area contributed by atoms with Crippen molar-refractivity contribution in [1.29, 1.82) is 0 Å². The van der Waals surface area contributed by atoms with Crippen LogP contribution in [0.4, 0.5) is 0 Å². The van der Waals surface area contributed by atoms with Crippen LogP contribution in [0.25, 0.3) is 0 Å². The molecule has 4 rings (SSSR count). The molecule has 2 fully saturated rings. The Hall–Kier alpha value is -2.17. The van der Waals surface area contributed by atoms with Gasteiger partial charge in [-0.3, -0.25) is 4.79 Å². The Labute approximate surface area is 161 Å². The summed E-state index contributed by atoms with van der Waals surface area (Å²) in [5, 5.41) is 18.9. The van der Waals surface area contributed by atoms with E-state index < -0.39 is 11.4 Å². The maximum Gasteiger partial charge on any atom is 0.318 e. The van der Waals surface area contributed by atoms with Crippen molar-refractivity contribution in [3.05, 3.63) is 71.8 Å². The highest BCUT2D eigenvalue weighted by Gasteiger charge is 2.37. The van der Waals surface area contributed by atoms with Crippen LogP contribution in [-0.4, -0.2) is 46.8 Å². The molecule has 2 N–H and O–H groups in total. The molecule has 2 bridgehead atoms. The summed E-state index contributed by atoms with van der Waals surface area (Å²) >= 11 is 0. The van der Waals surface area contributed by atoms with Crippen molar-refractivity contribution in [1.82, 2.24) is 4.90 Å². The third-order valence-electron chi connectivity index (χ3n) is 6.05. The zero-order chi connectivity index (χ0) is 19.4. The van der Waals surface area contributed by atoms with Crippen LogP contribution in [-0.2, 0) is 10.2 Å². The van der Waals surface area contributed by atoms with Crippen LogP contribution in [0.2, 0.25) is 0 Å². The van der Waals surface area contributed by atoms with Crippen LogP contribution in [0, 0.1) is 5.92 Å². The highest BCUT2D eigenvalue weighted by atomic mass is 16.4. The Kier molecular flexibility index (Phi) is 5.98. The first-order chi connectivity index (χ1) is 12.9. The van der Waals surface area contributed by atoms with Gasteiger partial charge in [-0.1, -0.05) is 60.7 Å². The number of carboxylic acid groups (broad SMARTS) is 1. The number of aliphatic hydroxyl groups is 1. The maximum absolute atomic E-state index is 11.6. The number of hydrogen-bond donors (Lipinski definition) is 2. The van der Waals surface area contributed by atoms with E-state index in [1.165, 1.54) is 13.0 Å². The summed E-state index contributed by atoms with van der Waals surface area (Å²) in [6.07, 6.45) is 3.37. The largest absolute Gasteiger partial charge is 0.480 e. The SMILES string of the molecule is CC(C(=O)O)(c1ccccc1)c1ccccc1.CN1CC2CC(O)CC1C2. The molecule has 4 heteroatoms. The zero-order valence-electron chi connectivity index (χ0n) is 16.1. The molecule has 4 nitrogen and oxygen atoms in total. The minimum absolute atomic E-state index is 0.00583. The van der Waals surface area contributed by atoms with Gasteiger partial charge in [0.05, 0.1) is 6.10 Å². The van der Waals surface area contributed by atoms with Crippen molar-refractivity contribution >= 4 is 5.97 Å². The second-order valence-electron chi connectivity index (χ2n) is 7.98. The quantitative estimate of drug-likeness (QED) is 0.871. The first-order valence-electron chi connectivity index (χ1n) is 9.64. The normalized spacial score (nSPS) is 24.8. The van der Waals surface area contributed by atoms with Crippen molar-refractivity contribution < 1.29 is 15.0 Å². The van der Waals surface area contributed by atoms with E-state index in [0.29, 0.717) is 6.04 Å². The number of benzene rings is 2. The smallest absolute Gasteiger partial charge is 0.318 e. The van der Waals surface area contributed by atoms with Gasteiger partial charge in [-0.15, -0.1) is 0 Å². The molecular weight excluding hydrogens is 338 g/mol. The summed E-state index contributed by atoms with van der Waals surface area (Å²) in [7, 11) is 2.17. The number of nitrogens with zero attached hydrogens (tertiary/aromatic N) is 1. The van der Waals surface area contributed by atoms with Gasteiger partial charge in [-0.25, -0.2) is 0 Å². The highest BCUT2D eigenvalue weighted by Crippen LogP contribution is 2.34. The van der Waals surface area contributed by atoms with E-state index >= 15 is 0 Å². The average Bonchev–Trinajstić information content (AvgIpc) is 2.94. The molecule has 2 aromatic rings. The monoisotopic (exact) mass is 367 g/mol. The summed E-state index contributed by atoms with van der Waals surface area (Å²) in [4.78, 5) is 14.0. The predicted molar refractivity (Wildman–Crippen MR) is 107 cm³/mol. The van der Waals surface area contributed by atoms with E-state index in [1.54, 1.807) is 6.92 Å². The van der Waals surface area contributed by atoms with Crippen LogP contribution in [0.3, 0.4) is 0 Å². The molecule has 1 heterocycles. The summed E-state index contributed by atoms with van der Waals surface area (Å²) in [5.74, 6) is -0.0475. The number of fused-ring (bicyclic) bond motifs is 2. The Morgan fingerprint density at radius 1 is 0.963 bits per heavy atom. The van der Waals surface area contributed by atoms with Crippen LogP contribution < -0.4 is 0 Å². The third-order valence-corrected chi connectivity index (χ3v) is 6.05. The molecule has 27 heavy (non-hydrogen) atoms. The highest BCUT2D eigenvalue weighted by molar-refractivity contribution is 5.85. The van der Waals surface area contributed by atoms with E-state index in [1.807, 2.05) is 60.7 Å². The Balaban J connectivity index is 0.000000177. The molecular formula is C23H29NO3. The van der Waals surface area contributed by atoms with Gasteiger partial charge < -0.3 is 15.1 Å². The van der Waals surface area contributed by atoms with Crippen molar-refractivity contribution in [3.8, 4) is 0 Å². The Morgan fingerprint density at radius 3 is 1.93 bits per heavy atom. The summed E-state index contributed by atoms with van der Waals surface area (Å²) in [5.41, 5.74) is 0.583. The molecule has 2 aromatic carbocycles. The summed E-state index contributed by atoms with van der Waals surface area (Å²) in [6, 6.07) is 19.3. The molecule has 0 aromatic heterocycles. The van der Waals surface area contributed by atoms with Gasteiger partial charge >= 0.3 is 5.97 Å². The van der Waals surface area contributed by atoms with E-state index in [2.05, 4.69) is 11.9 Å². The number of hydrogen-bond acceptors (Lipinski definition) is 3. The summed E-state index contributed by atoms with van der Waals surface area (Å²) in [6.45, 7) is 2.95. The average molecular weight is 367 g/mol. The van der Waals surface area contributed by atoms with Gasteiger partial charge in [-0.05, 0) is 50.3 Å². The lowest BCUT2D eigenvalue weighted by Gasteiger charge is -2.25. The van der Waals surface area contributed by atoms with E-state index in [-0.39, 0.29) is 6.10 Å². The molecule has 2 aliphatic rings. The summed E-state index contributed by atoms with van der Waals surface area (Å²) < 4.78 is 0. The van der Waals surface area contributed by atoms with Gasteiger partial charge in [0.1, 0.15) is 5.41 Å². The molecule has 0 spiro atoms. The molecule has 3 unspecified atom stereocenters. The van der Waals surface area contributed by atoms with Gasteiger partial charge in [0.2, 0.25) is 0 Å². The second-order valence-corrected chi connectivity index (χ2v) is 7.98. The van der Waals surface area contributed by atoms with E-state index in [9.17, 15) is 15.0 Å². The molecule has 1 saturated heterocycles. The third kappa shape index (κ3) is 4.23. The number of aliphatic carboxylic acids is 1. The fourth-order valence-electron chi connectivity index (χ4n) is 4.39. The zero-order valence-corrected chi connectivity index (χ0v) is 16.1. The van der Waals surface area contributed by atoms with Crippen LogP contribution in [0.5, 0.6) is 0 Å². The number of likely N-dealkylation sites (tertiary alicyclic amines) is 1. The molecule has 1 saturated carbocycles. The lowest BCUT2D eigenvalue weighted by Crippen LogP contribution is -2.33. The Bertz CT molecular complexity index is 702. The van der Waals surface area contributed by atoms with E-state index in [0.717, 1.165) is 29.9 Å². The second kappa shape index (κ2) is 8.24. The molecule has 3 atom stereocenters. The first-order valence-corrected chi connectivity index (χ1v) is 9.64. The van der Waals surface area contributed by atoms with E-state index in [4.69, 9.17) is 0 Å². The maximum atomic E-state index is 11.6. The van der Waals surface area contributed by atoms with Crippen molar-refractivity contribution in [3.63, 3.8) is 0 Å². The van der Waals surface area contributed by atoms with Crippen molar-refractivity contribution in [2.75, 3.05) is 13.6 Å². The number of rotatable bonds is 3. The first kappa shape index (κ1) is 19.6. The Morgan fingerprint density at radius 2 is 1.48 bits per heavy atom. The standard InChI is InChI=1S/C15H14O2.C8H15NO/c1-15(14(16)17,12-8-4-2-5-9-12)13-10-6-3-7-11-13;1-9-5-6-2-7(9)4-8(10)3-6/h2-11H,1H3,(H,16,17);6-8,10H,2-5H2,1H3. The number of carboxylic acids is 1. The molecule has 0 amide bonds. The van der Waals surface area contributed by atoms with Gasteiger partial charge in [0.15, 0.2) is 0 Å². The van der Waals surface area contributed by atoms with Crippen LogP contribution >= 0.6 is 0 Å². The van der Waals surface area contributed by atoms with Gasteiger partial charge in [0, 0.05) is 12.6 Å². The fraction of sp³-hybridized carbons (Fsp3) is 0.435. The molecule has 144 valence electrons. The van der Waals surface area contributed by atoms with Crippen LogP contribution in [0.1, 0.15) is 37.3 Å². The number of aliphatic hydroxyl groups excluding tert-OH is 1. The minimum Gasteiger partial charge on any atom is -0.480 e. The topological polar surface area (TPSA) is 60.8 Å². The molecule has 0 radical (unpaired) electrons. The lowest BCUT2D eigenvalue weighted by molar-refractivity contribution is -0.141. The predicted octanol–water partition coefficient (Wildman–Crippen LogP) is 3.54.